The van der Waals surface area contributed by atoms with Gasteiger partial charge in [-0.2, -0.15) is 4.99 Å². The summed E-state index contributed by atoms with van der Waals surface area (Å²) in [6.45, 7) is 11.6. The van der Waals surface area contributed by atoms with Crippen LogP contribution in [0.5, 0.6) is 0 Å². The first-order chi connectivity index (χ1) is 16.0. The second kappa shape index (κ2) is 18.4. The average Bonchev–Trinajstić information content (AvgIpc) is 2.81. The summed E-state index contributed by atoms with van der Waals surface area (Å²) in [6.07, 6.45) is 4.46. The van der Waals surface area contributed by atoms with Crippen LogP contribution >= 0.6 is 0 Å². The molecule has 0 radical (unpaired) electrons. The highest BCUT2D eigenvalue weighted by Gasteiger charge is 2.17. The summed E-state index contributed by atoms with van der Waals surface area (Å²) < 4.78 is 0. The lowest BCUT2D eigenvalue weighted by Crippen LogP contribution is -2.12. The zero-order valence-electron chi connectivity index (χ0n) is 20.5. The number of nitrogens with two attached hydrogens (primary N) is 1. The van der Waals surface area contributed by atoms with E-state index in [2.05, 4.69) is 15.0 Å². The zero-order chi connectivity index (χ0) is 26.5. The highest BCUT2D eigenvalue weighted by atomic mass is 16.1. The smallest absolute Gasteiger partial charge is 0.235 e. The number of isocyanates is 3. The van der Waals surface area contributed by atoms with Crippen molar-refractivity contribution in [1.29, 1.82) is 0 Å². The second-order valence-corrected chi connectivity index (χ2v) is 7.95. The molecule has 0 saturated heterocycles. The van der Waals surface area contributed by atoms with E-state index in [4.69, 9.17) is 10.5 Å². The molecule has 0 amide bonds. The summed E-state index contributed by atoms with van der Waals surface area (Å²) in [4.78, 5) is 49.1. The van der Waals surface area contributed by atoms with Gasteiger partial charge in [0.1, 0.15) is 5.70 Å². The Bertz CT molecular complexity index is 1020. The Hall–Kier alpha value is -4.17. The van der Waals surface area contributed by atoms with Gasteiger partial charge in [-0.1, -0.05) is 60.7 Å². The number of aliphatic imine (C=N–C) groups is 3. The quantitative estimate of drug-likeness (QED) is 0.403. The third kappa shape index (κ3) is 17.5. The van der Waals surface area contributed by atoms with Gasteiger partial charge in [-0.3, -0.25) is 0 Å². The van der Waals surface area contributed by atoms with Crippen LogP contribution in [0.3, 0.4) is 0 Å². The molecule has 0 bridgehead atoms. The Morgan fingerprint density at radius 2 is 1.24 bits per heavy atom. The van der Waals surface area contributed by atoms with Gasteiger partial charge in [-0.15, -0.1) is 0 Å². The SMILES string of the molecule is CC(C)(C)N=C=O.CC(C)(N=C=O)c1ccccc1.CCN=C=O.NC(=C=O)c1ccccc1. The molecule has 8 heteroatoms. The number of nitrogens with zero attached hydrogens (tertiary/aromatic N) is 3. The first-order valence-electron chi connectivity index (χ1n) is 10.3. The van der Waals surface area contributed by atoms with Crippen molar-refractivity contribution in [2.75, 3.05) is 6.54 Å². The molecule has 0 aliphatic heterocycles. The van der Waals surface area contributed by atoms with Crippen molar-refractivity contribution in [3.8, 4) is 0 Å². The van der Waals surface area contributed by atoms with Crippen molar-refractivity contribution >= 4 is 29.9 Å². The predicted molar refractivity (Wildman–Crippen MR) is 134 cm³/mol. The summed E-state index contributed by atoms with van der Waals surface area (Å²) in [7, 11) is 0. The molecular formula is C26H32N4O4. The Kier molecular flexibility index (Phi) is 17.3. The van der Waals surface area contributed by atoms with E-state index in [9.17, 15) is 14.4 Å². The molecular weight excluding hydrogens is 432 g/mol. The lowest BCUT2D eigenvalue weighted by Gasteiger charge is -2.16. The summed E-state index contributed by atoms with van der Waals surface area (Å²) in [6, 6.07) is 18.7. The van der Waals surface area contributed by atoms with Gasteiger partial charge in [-0.25, -0.2) is 29.2 Å². The molecule has 34 heavy (non-hydrogen) atoms. The molecule has 0 spiro atoms. The minimum absolute atomic E-state index is 0.153. The molecule has 0 aromatic heterocycles. The fourth-order valence-corrected chi connectivity index (χ4v) is 1.90. The summed E-state index contributed by atoms with van der Waals surface area (Å²) in [5, 5.41) is 0. The van der Waals surface area contributed by atoms with Crippen LogP contribution in [-0.4, -0.2) is 36.3 Å². The maximum Gasteiger partial charge on any atom is 0.235 e. The number of benzene rings is 2. The Morgan fingerprint density at radius 3 is 1.53 bits per heavy atom. The maximum absolute atomic E-state index is 10.1. The number of hydrogen-bond acceptors (Lipinski definition) is 8. The predicted octanol–water partition coefficient (Wildman–Crippen LogP) is 4.54. The van der Waals surface area contributed by atoms with Gasteiger partial charge < -0.3 is 5.73 Å². The fourth-order valence-electron chi connectivity index (χ4n) is 1.90. The van der Waals surface area contributed by atoms with Crippen LogP contribution < -0.4 is 5.73 Å². The van der Waals surface area contributed by atoms with E-state index < -0.39 is 5.54 Å². The molecule has 180 valence electrons. The van der Waals surface area contributed by atoms with E-state index in [1.165, 1.54) is 12.2 Å². The van der Waals surface area contributed by atoms with E-state index in [1.807, 2.05) is 83.1 Å². The molecule has 0 heterocycles. The first-order valence-corrected chi connectivity index (χ1v) is 10.3. The molecule has 0 aliphatic rings. The van der Waals surface area contributed by atoms with Crippen molar-refractivity contribution in [2.45, 2.75) is 52.6 Å². The average molecular weight is 465 g/mol. The van der Waals surface area contributed by atoms with E-state index in [0.717, 1.165) is 11.1 Å². The summed E-state index contributed by atoms with van der Waals surface area (Å²) >= 11 is 0. The highest BCUT2D eigenvalue weighted by molar-refractivity contribution is 5.85. The van der Waals surface area contributed by atoms with Crippen LogP contribution in [0.1, 0.15) is 52.7 Å². The first kappa shape index (κ1) is 32.0. The van der Waals surface area contributed by atoms with Crippen molar-refractivity contribution < 1.29 is 19.2 Å². The molecule has 2 rings (SSSR count). The monoisotopic (exact) mass is 464 g/mol. The Labute approximate surface area is 201 Å². The van der Waals surface area contributed by atoms with E-state index in [-0.39, 0.29) is 11.2 Å². The Balaban J connectivity index is 0. The van der Waals surface area contributed by atoms with Crippen LogP contribution in [-0.2, 0) is 24.7 Å². The normalized spacial score (nSPS) is 9.12. The number of carbonyl (C=O) groups excluding carboxylic acids is 4. The minimum atomic E-state index is -0.455. The third-order valence-electron chi connectivity index (χ3n) is 3.60. The molecule has 8 nitrogen and oxygen atoms in total. The van der Waals surface area contributed by atoms with Gasteiger partial charge in [0, 0.05) is 12.1 Å². The van der Waals surface area contributed by atoms with Gasteiger partial charge >= 0.3 is 0 Å². The van der Waals surface area contributed by atoms with Crippen molar-refractivity contribution in [3.05, 3.63) is 71.8 Å². The van der Waals surface area contributed by atoms with Crippen LogP contribution in [0.2, 0.25) is 0 Å². The molecule has 2 aromatic carbocycles. The molecule has 0 saturated carbocycles. The maximum atomic E-state index is 10.1. The largest absolute Gasteiger partial charge is 0.389 e. The molecule has 0 atom stereocenters. The lowest BCUT2D eigenvalue weighted by molar-refractivity contribution is 0.523. The number of rotatable bonds is 4. The number of hydrogen-bond donors (Lipinski definition) is 1. The molecule has 2 N–H and O–H groups in total. The molecule has 2 aromatic rings. The van der Waals surface area contributed by atoms with Crippen molar-refractivity contribution in [2.24, 2.45) is 20.7 Å². The van der Waals surface area contributed by atoms with Crippen molar-refractivity contribution in [1.82, 2.24) is 0 Å². The standard InChI is InChI=1S/C10H11NO.C8H7NO.C5H9NO.C3H5NO/c1-10(2,11-8-12)9-6-4-3-5-7-9;9-8(6-10)7-4-2-1-3-5-7;1-5(2,3)6-4-7;1-2-4-3-5/h3-7H,1-2H3;1-5H,9H2;1-3H3;2H2,1H3. The van der Waals surface area contributed by atoms with Gasteiger partial charge in [0.25, 0.3) is 0 Å². The fraction of sp³-hybridized carbons (Fsp3) is 0.346. The van der Waals surface area contributed by atoms with Gasteiger partial charge in [0.2, 0.25) is 18.2 Å². The minimum Gasteiger partial charge on any atom is -0.389 e. The molecule has 0 unspecified atom stereocenters. The van der Waals surface area contributed by atoms with E-state index in [1.54, 1.807) is 31.1 Å². The zero-order valence-corrected chi connectivity index (χ0v) is 20.5. The highest BCUT2D eigenvalue weighted by Crippen LogP contribution is 2.23. The van der Waals surface area contributed by atoms with Crippen LogP contribution in [0.15, 0.2) is 75.6 Å². The van der Waals surface area contributed by atoms with Gasteiger partial charge in [-0.05, 0) is 47.1 Å². The second-order valence-electron chi connectivity index (χ2n) is 7.95. The summed E-state index contributed by atoms with van der Waals surface area (Å²) in [5.74, 6) is 1.63. The molecule has 0 fully saturated rings. The summed E-state index contributed by atoms with van der Waals surface area (Å²) in [5.41, 5.74) is 6.48. The van der Waals surface area contributed by atoms with Crippen molar-refractivity contribution in [3.63, 3.8) is 0 Å². The van der Waals surface area contributed by atoms with E-state index >= 15 is 0 Å². The van der Waals surface area contributed by atoms with Gasteiger partial charge in [0.05, 0.1) is 11.1 Å². The van der Waals surface area contributed by atoms with Gasteiger partial charge in [0.15, 0.2) is 5.94 Å². The van der Waals surface area contributed by atoms with Crippen LogP contribution in [0, 0.1) is 0 Å². The Morgan fingerprint density at radius 1 is 0.765 bits per heavy atom. The lowest BCUT2D eigenvalue weighted by atomic mass is 9.95. The van der Waals surface area contributed by atoms with Crippen LogP contribution in [0.4, 0.5) is 0 Å². The van der Waals surface area contributed by atoms with Crippen LogP contribution in [0.25, 0.3) is 5.70 Å². The third-order valence-corrected chi connectivity index (χ3v) is 3.60. The van der Waals surface area contributed by atoms with E-state index in [0.29, 0.717) is 6.54 Å². The topological polar surface area (TPSA) is 131 Å². The molecule has 0 aliphatic carbocycles.